The molecular formula is C19H32N2O2S. The normalized spacial score (nSPS) is 33.8. The second kappa shape index (κ2) is 7.04. The highest BCUT2D eigenvalue weighted by Gasteiger charge is 2.40. The fraction of sp³-hybridized carbons (Fsp3) is 0.684. The van der Waals surface area contributed by atoms with Gasteiger partial charge in [0.1, 0.15) is 0 Å². The van der Waals surface area contributed by atoms with Gasteiger partial charge in [-0.2, -0.15) is 0 Å². The molecule has 2 bridgehead atoms. The third-order valence-electron chi connectivity index (χ3n) is 5.90. The van der Waals surface area contributed by atoms with Crippen LogP contribution in [0.3, 0.4) is 0 Å². The zero-order valence-electron chi connectivity index (χ0n) is 15.6. The molecule has 0 radical (unpaired) electrons. The predicted octanol–water partition coefficient (Wildman–Crippen LogP) is 4.29. The smallest absolute Gasteiger partial charge is 0.236 e. The Kier molecular flexibility index (Phi) is 5.65. The molecule has 3 aliphatic heterocycles. The van der Waals surface area contributed by atoms with E-state index in [2.05, 4.69) is 44.7 Å². The molecule has 1 aromatic carbocycles. The molecule has 136 valence electrons. The number of benzene rings is 1. The summed E-state index contributed by atoms with van der Waals surface area (Å²) in [6.45, 7) is 11.7. The molecule has 3 aliphatic rings. The highest BCUT2D eigenvalue weighted by Crippen LogP contribution is 2.36. The fourth-order valence-electron chi connectivity index (χ4n) is 3.53. The SMILES string of the molecule is CCC1(C)CCC(C)C(C)(CC)N1.O=S1(=O)Cc2ccc(cc2)N1. The Labute approximate surface area is 147 Å². The summed E-state index contributed by atoms with van der Waals surface area (Å²) >= 11 is 0. The lowest BCUT2D eigenvalue weighted by molar-refractivity contribution is 0.0915. The van der Waals surface area contributed by atoms with Crippen LogP contribution >= 0.6 is 0 Å². The second-order valence-corrected chi connectivity index (χ2v) is 9.53. The number of anilines is 1. The maximum Gasteiger partial charge on any atom is 0.236 e. The van der Waals surface area contributed by atoms with Gasteiger partial charge in [-0.3, -0.25) is 4.72 Å². The molecule has 4 nitrogen and oxygen atoms in total. The topological polar surface area (TPSA) is 58.2 Å². The van der Waals surface area contributed by atoms with Crippen molar-refractivity contribution in [3.63, 3.8) is 0 Å². The lowest BCUT2D eigenvalue weighted by atomic mass is 9.72. The summed E-state index contributed by atoms with van der Waals surface area (Å²) in [6, 6.07) is 7.15. The van der Waals surface area contributed by atoms with Gasteiger partial charge in [0.05, 0.1) is 5.75 Å². The minimum absolute atomic E-state index is 0.0868. The predicted molar refractivity (Wildman–Crippen MR) is 102 cm³/mol. The summed E-state index contributed by atoms with van der Waals surface area (Å²) < 4.78 is 24.6. The molecule has 1 saturated heterocycles. The summed E-state index contributed by atoms with van der Waals surface area (Å²) in [5.41, 5.74) is 2.23. The second-order valence-electron chi connectivity index (χ2n) is 7.81. The molecule has 1 fully saturated rings. The first-order chi connectivity index (χ1) is 11.1. The van der Waals surface area contributed by atoms with Gasteiger partial charge in [0, 0.05) is 16.8 Å². The number of fused-ring (bicyclic) bond motifs is 4. The van der Waals surface area contributed by atoms with Crippen molar-refractivity contribution in [1.29, 1.82) is 0 Å². The van der Waals surface area contributed by atoms with Gasteiger partial charge >= 0.3 is 0 Å². The number of sulfonamides is 1. The average molecular weight is 353 g/mol. The molecule has 3 unspecified atom stereocenters. The van der Waals surface area contributed by atoms with Gasteiger partial charge in [-0.15, -0.1) is 0 Å². The molecule has 3 heterocycles. The van der Waals surface area contributed by atoms with Crippen LogP contribution in [0.4, 0.5) is 5.69 Å². The molecule has 0 aromatic heterocycles. The van der Waals surface area contributed by atoms with E-state index in [0.717, 1.165) is 11.5 Å². The van der Waals surface area contributed by atoms with Gasteiger partial charge in [-0.05, 0) is 63.1 Å². The van der Waals surface area contributed by atoms with E-state index in [1.807, 2.05) is 12.1 Å². The highest BCUT2D eigenvalue weighted by molar-refractivity contribution is 7.91. The fourth-order valence-corrected chi connectivity index (χ4v) is 4.73. The van der Waals surface area contributed by atoms with Crippen LogP contribution in [0.2, 0.25) is 0 Å². The van der Waals surface area contributed by atoms with Gasteiger partial charge in [0.15, 0.2) is 0 Å². The van der Waals surface area contributed by atoms with Crippen molar-refractivity contribution in [2.24, 2.45) is 5.92 Å². The van der Waals surface area contributed by atoms with Gasteiger partial charge in [-0.25, -0.2) is 8.42 Å². The first-order valence-electron chi connectivity index (χ1n) is 9.00. The van der Waals surface area contributed by atoms with E-state index in [0.29, 0.717) is 16.8 Å². The Morgan fingerprint density at radius 1 is 1.12 bits per heavy atom. The lowest BCUT2D eigenvalue weighted by Crippen LogP contribution is -2.61. The van der Waals surface area contributed by atoms with Crippen molar-refractivity contribution in [2.75, 3.05) is 4.72 Å². The van der Waals surface area contributed by atoms with Crippen molar-refractivity contribution < 1.29 is 8.42 Å². The molecule has 0 spiro atoms. The number of rotatable bonds is 2. The Balaban J connectivity index is 0.000000175. The van der Waals surface area contributed by atoms with E-state index in [1.165, 1.54) is 25.7 Å². The number of nitrogens with one attached hydrogen (secondary N) is 2. The Morgan fingerprint density at radius 2 is 1.75 bits per heavy atom. The highest BCUT2D eigenvalue weighted by atomic mass is 32.2. The third-order valence-corrected chi connectivity index (χ3v) is 7.16. The Bertz CT molecular complexity index is 625. The minimum Gasteiger partial charge on any atom is -0.306 e. The molecule has 4 rings (SSSR count). The largest absolute Gasteiger partial charge is 0.306 e. The van der Waals surface area contributed by atoms with Crippen LogP contribution in [0.1, 0.15) is 65.9 Å². The first-order valence-corrected chi connectivity index (χ1v) is 10.7. The molecule has 0 saturated carbocycles. The van der Waals surface area contributed by atoms with E-state index >= 15 is 0 Å². The van der Waals surface area contributed by atoms with Crippen molar-refractivity contribution >= 4 is 15.7 Å². The molecular weight excluding hydrogens is 320 g/mol. The number of hydrogen-bond donors (Lipinski definition) is 2. The minimum atomic E-state index is -3.10. The standard InChI is InChI=1S/C12H25N.C7H7NO2S/c1-6-11(4)9-8-10(3)12(5,7-2)13-11;9-11(10)5-6-1-3-7(8-11)4-2-6/h10,13H,6-9H2,1-5H3;1-4,8H,5H2. The van der Waals surface area contributed by atoms with Crippen LogP contribution in [0, 0.1) is 5.92 Å². The summed E-state index contributed by atoms with van der Waals surface area (Å²) in [6.07, 6.45) is 5.20. The van der Waals surface area contributed by atoms with Crippen LogP contribution in [0.5, 0.6) is 0 Å². The quantitative estimate of drug-likeness (QED) is 0.835. The molecule has 0 amide bonds. The maximum absolute atomic E-state index is 11.1. The molecule has 24 heavy (non-hydrogen) atoms. The molecule has 2 N–H and O–H groups in total. The molecule has 1 aromatic rings. The monoisotopic (exact) mass is 352 g/mol. The number of piperidine rings is 1. The summed E-state index contributed by atoms with van der Waals surface area (Å²) in [7, 11) is -3.10. The van der Waals surface area contributed by atoms with Crippen LogP contribution in [0.15, 0.2) is 24.3 Å². The van der Waals surface area contributed by atoms with E-state index < -0.39 is 10.0 Å². The first kappa shape index (κ1) is 19.3. The van der Waals surface area contributed by atoms with E-state index in [4.69, 9.17) is 0 Å². The lowest BCUT2D eigenvalue weighted by Gasteiger charge is -2.50. The van der Waals surface area contributed by atoms with Crippen LogP contribution < -0.4 is 10.0 Å². The van der Waals surface area contributed by atoms with Crippen molar-refractivity contribution in [3.05, 3.63) is 29.8 Å². The Morgan fingerprint density at radius 3 is 2.29 bits per heavy atom. The molecule has 3 atom stereocenters. The van der Waals surface area contributed by atoms with E-state index in [-0.39, 0.29) is 5.75 Å². The van der Waals surface area contributed by atoms with E-state index in [9.17, 15) is 8.42 Å². The molecule has 0 aliphatic carbocycles. The summed E-state index contributed by atoms with van der Waals surface area (Å²) in [4.78, 5) is 0. The van der Waals surface area contributed by atoms with Crippen LogP contribution in [-0.4, -0.2) is 19.5 Å². The van der Waals surface area contributed by atoms with Crippen LogP contribution in [0.25, 0.3) is 0 Å². The number of hydrogen-bond acceptors (Lipinski definition) is 3. The van der Waals surface area contributed by atoms with Gasteiger partial charge in [0.2, 0.25) is 10.0 Å². The van der Waals surface area contributed by atoms with Gasteiger partial charge in [0.25, 0.3) is 0 Å². The maximum atomic E-state index is 11.1. The van der Waals surface area contributed by atoms with Gasteiger partial charge in [-0.1, -0.05) is 32.9 Å². The van der Waals surface area contributed by atoms with Crippen LogP contribution in [-0.2, 0) is 15.8 Å². The average Bonchev–Trinajstić information content (AvgIpc) is 2.77. The van der Waals surface area contributed by atoms with Gasteiger partial charge < -0.3 is 5.32 Å². The summed E-state index contributed by atoms with van der Waals surface area (Å²) in [5.74, 6) is 0.904. The zero-order chi connectivity index (χ0) is 18.0. The van der Waals surface area contributed by atoms with Crippen molar-refractivity contribution in [1.82, 2.24) is 5.32 Å². The zero-order valence-corrected chi connectivity index (χ0v) is 16.5. The van der Waals surface area contributed by atoms with Crippen molar-refractivity contribution in [3.8, 4) is 0 Å². The molecule has 5 heteroatoms. The summed E-state index contributed by atoms with van der Waals surface area (Å²) in [5, 5.41) is 3.86. The van der Waals surface area contributed by atoms with E-state index in [1.54, 1.807) is 12.1 Å². The Hall–Kier alpha value is -1.07. The third kappa shape index (κ3) is 4.51. The van der Waals surface area contributed by atoms with Crippen molar-refractivity contribution in [2.45, 2.75) is 77.1 Å².